The van der Waals surface area contributed by atoms with Gasteiger partial charge in [-0.3, -0.25) is 0 Å². The summed E-state index contributed by atoms with van der Waals surface area (Å²) in [7, 11) is 0. The molecular formula is C11H14N2O2. The number of phenols is 1. The normalized spacial score (nSPS) is 11.1. The van der Waals surface area contributed by atoms with E-state index in [1.165, 1.54) is 0 Å². The van der Waals surface area contributed by atoms with Gasteiger partial charge in [0.15, 0.2) is 17.2 Å². The number of benzene rings is 1. The third kappa shape index (κ3) is 1.80. The van der Waals surface area contributed by atoms with E-state index in [2.05, 4.69) is 4.98 Å². The van der Waals surface area contributed by atoms with Crippen LogP contribution in [-0.2, 0) is 6.42 Å². The van der Waals surface area contributed by atoms with Crippen LogP contribution >= 0.6 is 0 Å². The van der Waals surface area contributed by atoms with Crippen LogP contribution < -0.4 is 5.73 Å². The van der Waals surface area contributed by atoms with Crippen LogP contribution in [0.5, 0.6) is 5.75 Å². The van der Waals surface area contributed by atoms with Gasteiger partial charge < -0.3 is 15.3 Å². The predicted octanol–water partition coefficient (Wildman–Crippen LogP) is 1.73. The molecule has 0 bridgehead atoms. The quantitative estimate of drug-likeness (QED) is 0.802. The molecule has 15 heavy (non-hydrogen) atoms. The molecule has 0 amide bonds. The average molecular weight is 206 g/mol. The zero-order valence-electron chi connectivity index (χ0n) is 8.66. The highest BCUT2D eigenvalue weighted by atomic mass is 16.4. The molecule has 0 saturated heterocycles. The van der Waals surface area contributed by atoms with Gasteiger partial charge in [0.1, 0.15) is 5.52 Å². The van der Waals surface area contributed by atoms with Gasteiger partial charge in [-0.1, -0.05) is 6.07 Å². The maximum absolute atomic E-state index is 9.91. The molecule has 0 fully saturated rings. The van der Waals surface area contributed by atoms with E-state index in [9.17, 15) is 5.11 Å². The average Bonchev–Trinajstić information content (AvgIpc) is 2.59. The summed E-state index contributed by atoms with van der Waals surface area (Å²) in [6, 6.07) is 3.73. The van der Waals surface area contributed by atoms with Crippen molar-refractivity contribution in [3.63, 3.8) is 0 Å². The SMILES string of the molecule is Cc1nc2ccc(CCCN)c(O)c2o1. The summed E-state index contributed by atoms with van der Waals surface area (Å²) in [6.45, 7) is 2.38. The fourth-order valence-electron chi connectivity index (χ4n) is 1.62. The van der Waals surface area contributed by atoms with Crippen molar-refractivity contribution >= 4 is 11.1 Å². The zero-order chi connectivity index (χ0) is 10.8. The second-order valence-corrected chi connectivity index (χ2v) is 3.55. The van der Waals surface area contributed by atoms with Crippen molar-refractivity contribution in [2.45, 2.75) is 19.8 Å². The molecule has 1 aromatic carbocycles. The van der Waals surface area contributed by atoms with Crippen molar-refractivity contribution in [2.24, 2.45) is 5.73 Å². The highest BCUT2D eigenvalue weighted by Crippen LogP contribution is 2.29. The molecule has 1 heterocycles. The standard InChI is InChI=1S/C11H14N2O2/c1-7-13-9-5-4-8(3-2-6-12)10(14)11(9)15-7/h4-5,14H,2-3,6,12H2,1H3. The zero-order valence-corrected chi connectivity index (χ0v) is 8.66. The van der Waals surface area contributed by atoms with E-state index in [1.807, 2.05) is 12.1 Å². The maximum Gasteiger partial charge on any atom is 0.196 e. The second kappa shape index (κ2) is 3.90. The molecule has 0 unspecified atom stereocenters. The van der Waals surface area contributed by atoms with Crippen molar-refractivity contribution in [2.75, 3.05) is 6.54 Å². The summed E-state index contributed by atoms with van der Waals surface area (Å²) in [5.74, 6) is 0.762. The van der Waals surface area contributed by atoms with E-state index in [1.54, 1.807) is 6.92 Å². The number of rotatable bonds is 3. The van der Waals surface area contributed by atoms with Gasteiger partial charge in [-0.2, -0.15) is 0 Å². The largest absolute Gasteiger partial charge is 0.504 e. The van der Waals surface area contributed by atoms with Crippen molar-refractivity contribution in [3.05, 3.63) is 23.6 Å². The lowest BCUT2D eigenvalue weighted by atomic mass is 10.1. The first-order valence-corrected chi connectivity index (χ1v) is 5.00. The van der Waals surface area contributed by atoms with Gasteiger partial charge in [0.2, 0.25) is 0 Å². The van der Waals surface area contributed by atoms with Crippen molar-refractivity contribution in [1.82, 2.24) is 4.98 Å². The molecule has 0 radical (unpaired) electrons. The molecule has 4 nitrogen and oxygen atoms in total. The third-order valence-electron chi connectivity index (χ3n) is 2.37. The lowest BCUT2D eigenvalue weighted by Gasteiger charge is -2.02. The fraction of sp³-hybridized carbons (Fsp3) is 0.364. The lowest BCUT2D eigenvalue weighted by molar-refractivity contribution is 0.453. The Hall–Kier alpha value is -1.55. The Labute approximate surface area is 87.7 Å². The highest BCUT2D eigenvalue weighted by Gasteiger charge is 2.11. The smallest absolute Gasteiger partial charge is 0.196 e. The minimum Gasteiger partial charge on any atom is -0.504 e. The van der Waals surface area contributed by atoms with Gasteiger partial charge >= 0.3 is 0 Å². The summed E-state index contributed by atoms with van der Waals surface area (Å²) in [6.07, 6.45) is 1.62. The van der Waals surface area contributed by atoms with Crippen molar-refractivity contribution in [1.29, 1.82) is 0 Å². The lowest BCUT2D eigenvalue weighted by Crippen LogP contribution is -2.00. The first kappa shape index (κ1) is 9.98. The number of fused-ring (bicyclic) bond motifs is 1. The van der Waals surface area contributed by atoms with Crippen LogP contribution in [0.3, 0.4) is 0 Å². The molecular weight excluding hydrogens is 192 g/mol. The summed E-state index contributed by atoms with van der Waals surface area (Å²) < 4.78 is 5.33. The molecule has 0 aliphatic heterocycles. The van der Waals surface area contributed by atoms with E-state index in [4.69, 9.17) is 10.2 Å². The van der Waals surface area contributed by atoms with E-state index >= 15 is 0 Å². The topological polar surface area (TPSA) is 72.3 Å². The van der Waals surface area contributed by atoms with Crippen molar-refractivity contribution in [3.8, 4) is 5.75 Å². The van der Waals surface area contributed by atoms with Crippen LogP contribution in [0.1, 0.15) is 17.9 Å². The predicted molar refractivity (Wildman–Crippen MR) is 57.8 cm³/mol. The maximum atomic E-state index is 9.91. The van der Waals surface area contributed by atoms with Gasteiger partial charge in [-0.05, 0) is 31.0 Å². The first-order chi connectivity index (χ1) is 7.22. The number of hydrogen-bond acceptors (Lipinski definition) is 4. The van der Waals surface area contributed by atoms with Gasteiger partial charge in [0.25, 0.3) is 0 Å². The van der Waals surface area contributed by atoms with Crippen LogP contribution in [0.25, 0.3) is 11.1 Å². The summed E-state index contributed by atoms with van der Waals surface area (Å²) in [5, 5.41) is 9.91. The molecule has 4 heteroatoms. The fourth-order valence-corrected chi connectivity index (χ4v) is 1.62. The summed E-state index contributed by atoms with van der Waals surface area (Å²) >= 11 is 0. The van der Waals surface area contributed by atoms with Crippen LogP contribution in [0, 0.1) is 6.92 Å². The number of nitrogens with zero attached hydrogens (tertiary/aromatic N) is 1. The van der Waals surface area contributed by atoms with E-state index in [0.29, 0.717) is 23.5 Å². The van der Waals surface area contributed by atoms with E-state index in [-0.39, 0.29) is 5.75 Å². The molecule has 0 spiro atoms. The molecule has 1 aromatic heterocycles. The number of oxazole rings is 1. The number of aromatic hydroxyl groups is 1. The molecule has 0 aliphatic carbocycles. The van der Waals surface area contributed by atoms with Crippen molar-refractivity contribution < 1.29 is 9.52 Å². The highest BCUT2D eigenvalue weighted by molar-refractivity contribution is 5.80. The monoisotopic (exact) mass is 206 g/mol. The first-order valence-electron chi connectivity index (χ1n) is 5.00. The van der Waals surface area contributed by atoms with Crippen LogP contribution in [0.2, 0.25) is 0 Å². The number of aromatic nitrogens is 1. The molecule has 3 N–H and O–H groups in total. The third-order valence-corrected chi connectivity index (χ3v) is 2.37. The Morgan fingerprint density at radius 1 is 1.47 bits per heavy atom. The van der Waals surface area contributed by atoms with Crippen LogP contribution in [-0.4, -0.2) is 16.6 Å². The summed E-state index contributed by atoms with van der Waals surface area (Å²) in [4.78, 5) is 4.14. The Morgan fingerprint density at radius 3 is 3.00 bits per heavy atom. The van der Waals surface area contributed by atoms with Crippen LogP contribution in [0.4, 0.5) is 0 Å². The Kier molecular flexibility index (Phi) is 2.60. The summed E-state index contributed by atoms with van der Waals surface area (Å²) in [5.41, 5.74) is 7.46. The molecule has 0 aliphatic rings. The van der Waals surface area contributed by atoms with Gasteiger partial charge in [0.05, 0.1) is 0 Å². The van der Waals surface area contributed by atoms with E-state index in [0.717, 1.165) is 18.4 Å². The minimum absolute atomic E-state index is 0.196. The number of nitrogens with two attached hydrogens (primary N) is 1. The molecule has 0 saturated carbocycles. The Morgan fingerprint density at radius 2 is 2.27 bits per heavy atom. The molecule has 80 valence electrons. The molecule has 0 atom stereocenters. The minimum atomic E-state index is 0.196. The number of aryl methyl sites for hydroxylation is 2. The molecule has 2 rings (SSSR count). The number of phenolic OH excluding ortho intramolecular Hbond substituents is 1. The van der Waals surface area contributed by atoms with Gasteiger partial charge in [-0.25, -0.2) is 4.98 Å². The van der Waals surface area contributed by atoms with E-state index < -0.39 is 0 Å². The Balaban J connectivity index is 2.45. The number of hydrogen-bond donors (Lipinski definition) is 2. The van der Waals surface area contributed by atoms with Gasteiger partial charge in [-0.15, -0.1) is 0 Å². The van der Waals surface area contributed by atoms with Gasteiger partial charge in [0, 0.05) is 6.92 Å². The van der Waals surface area contributed by atoms with Crippen LogP contribution in [0.15, 0.2) is 16.5 Å². The molecule has 2 aromatic rings. The second-order valence-electron chi connectivity index (χ2n) is 3.55. The Bertz CT molecular complexity index is 477.